The molecule has 3 heterocycles. The monoisotopic (exact) mass is 448 g/mol. The molecular formula is C25H28N4O4. The summed E-state index contributed by atoms with van der Waals surface area (Å²) in [5.74, 6) is -0.160. The van der Waals surface area contributed by atoms with Crippen LogP contribution in [0.4, 0.5) is 0 Å². The summed E-state index contributed by atoms with van der Waals surface area (Å²) in [5.41, 5.74) is 3.29. The minimum Gasteiger partial charge on any atom is -0.491 e. The first-order valence-corrected chi connectivity index (χ1v) is 12.0. The van der Waals surface area contributed by atoms with Crippen molar-refractivity contribution in [1.29, 1.82) is 0 Å². The number of nitrogens with one attached hydrogen (secondary N) is 1. The van der Waals surface area contributed by atoms with E-state index in [2.05, 4.69) is 16.0 Å². The van der Waals surface area contributed by atoms with Gasteiger partial charge in [0.2, 0.25) is 0 Å². The largest absolute Gasteiger partial charge is 0.491 e. The molecule has 0 saturated heterocycles. The third-order valence-corrected chi connectivity index (χ3v) is 7.62. The summed E-state index contributed by atoms with van der Waals surface area (Å²) in [6.07, 6.45) is 7.53. The molecule has 8 heteroatoms. The molecular weight excluding hydrogens is 420 g/mol. The maximum absolute atomic E-state index is 13.1. The molecule has 2 saturated carbocycles. The van der Waals surface area contributed by atoms with Crippen LogP contribution in [-0.4, -0.2) is 43.3 Å². The van der Waals surface area contributed by atoms with Crippen LogP contribution in [0.3, 0.4) is 0 Å². The number of hydrogen-bond acceptors (Lipinski definition) is 4. The van der Waals surface area contributed by atoms with Crippen LogP contribution in [0.1, 0.15) is 73.5 Å². The second-order valence-electron chi connectivity index (χ2n) is 9.56. The van der Waals surface area contributed by atoms with E-state index in [0.717, 1.165) is 47.6 Å². The quantitative estimate of drug-likeness (QED) is 0.629. The molecule has 1 aromatic carbocycles. The number of aromatic nitrogens is 3. The lowest BCUT2D eigenvalue weighted by molar-refractivity contribution is -0.148. The highest BCUT2D eigenvalue weighted by molar-refractivity contribution is 5.97. The van der Waals surface area contributed by atoms with Crippen LogP contribution >= 0.6 is 0 Å². The first kappa shape index (κ1) is 20.3. The number of amides is 1. The highest BCUT2D eigenvalue weighted by Gasteiger charge is 2.46. The number of carboxylic acid groups (broad SMARTS) is 1. The first-order valence-electron chi connectivity index (χ1n) is 12.0. The van der Waals surface area contributed by atoms with Gasteiger partial charge in [-0.15, -0.1) is 0 Å². The fourth-order valence-corrected chi connectivity index (χ4v) is 5.70. The molecule has 3 aromatic rings. The Morgan fingerprint density at radius 2 is 1.91 bits per heavy atom. The fourth-order valence-electron chi connectivity index (χ4n) is 5.70. The van der Waals surface area contributed by atoms with Gasteiger partial charge in [0.25, 0.3) is 5.91 Å². The lowest BCUT2D eigenvalue weighted by Gasteiger charge is -2.37. The van der Waals surface area contributed by atoms with Crippen LogP contribution in [0.25, 0.3) is 16.9 Å². The number of benzene rings is 1. The molecule has 2 aliphatic carbocycles. The van der Waals surface area contributed by atoms with Crippen LogP contribution in [0.15, 0.2) is 30.3 Å². The van der Waals surface area contributed by atoms with Crippen molar-refractivity contribution in [2.24, 2.45) is 0 Å². The van der Waals surface area contributed by atoms with Gasteiger partial charge in [-0.25, -0.2) is 9.31 Å². The number of carboxylic acids is 1. The molecule has 0 radical (unpaired) electrons. The Morgan fingerprint density at radius 1 is 1.12 bits per heavy atom. The summed E-state index contributed by atoms with van der Waals surface area (Å²) in [7, 11) is 0. The van der Waals surface area contributed by atoms with E-state index in [0.29, 0.717) is 31.9 Å². The van der Waals surface area contributed by atoms with E-state index < -0.39 is 17.4 Å². The maximum Gasteiger partial charge on any atom is 0.329 e. The van der Waals surface area contributed by atoms with E-state index in [-0.39, 0.29) is 5.69 Å². The molecule has 0 bridgehead atoms. The van der Waals surface area contributed by atoms with Gasteiger partial charge in [0.05, 0.1) is 17.9 Å². The Bertz CT molecular complexity index is 1250. The van der Waals surface area contributed by atoms with Crippen LogP contribution in [0.2, 0.25) is 0 Å². The van der Waals surface area contributed by atoms with Gasteiger partial charge in [-0.05, 0) is 44.2 Å². The Kier molecular flexibility index (Phi) is 4.71. The summed E-state index contributed by atoms with van der Waals surface area (Å²) in [6.45, 7) is 1.19. The number of carbonyl (C=O) groups is 2. The van der Waals surface area contributed by atoms with Gasteiger partial charge in [-0.3, -0.25) is 4.79 Å². The SMILES string of the molecule is O=C(NC1(C(=O)O)CCC1)c1cc2n3c(c(C4CCCCC4)n2n1)-c1ccccc1OCC3. The van der Waals surface area contributed by atoms with Gasteiger partial charge in [0.1, 0.15) is 23.5 Å². The average Bonchev–Trinajstić information content (AvgIpc) is 3.28. The van der Waals surface area contributed by atoms with Gasteiger partial charge in [0, 0.05) is 17.5 Å². The zero-order valence-corrected chi connectivity index (χ0v) is 18.5. The molecule has 0 spiro atoms. The second-order valence-corrected chi connectivity index (χ2v) is 9.56. The number of hydrogen-bond donors (Lipinski definition) is 2. The summed E-state index contributed by atoms with van der Waals surface area (Å²) < 4.78 is 10.2. The number of imidazole rings is 1. The first-order chi connectivity index (χ1) is 16.1. The minimum absolute atomic E-state index is 0.267. The molecule has 0 atom stereocenters. The predicted molar refractivity (Wildman–Crippen MR) is 122 cm³/mol. The number of rotatable bonds is 4. The average molecular weight is 449 g/mol. The van der Waals surface area contributed by atoms with Crippen molar-refractivity contribution in [2.75, 3.05) is 6.61 Å². The van der Waals surface area contributed by atoms with E-state index in [4.69, 9.17) is 9.84 Å². The smallest absolute Gasteiger partial charge is 0.329 e. The van der Waals surface area contributed by atoms with Crippen molar-refractivity contribution in [3.05, 3.63) is 41.7 Å². The normalized spacial score (nSPS) is 19.6. The second kappa shape index (κ2) is 7.64. The number of fused-ring (bicyclic) bond motifs is 5. The molecule has 2 N–H and O–H groups in total. The third-order valence-electron chi connectivity index (χ3n) is 7.62. The lowest BCUT2D eigenvalue weighted by atomic mass is 9.76. The molecule has 8 nitrogen and oxygen atoms in total. The van der Waals surface area contributed by atoms with Gasteiger partial charge in [-0.1, -0.05) is 31.4 Å². The fraction of sp³-hybridized carbons (Fsp3) is 0.480. The topological polar surface area (TPSA) is 97.9 Å². The Labute approximate surface area is 191 Å². The molecule has 3 aliphatic rings. The van der Waals surface area contributed by atoms with Gasteiger partial charge in [-0.2, -0.15) is 5.10 Å². The van der Waals surface area contributed by atoms with Crippen LogP contribution < -0.4 is 10.1 Å². The van der Waals surface area contributed by atoms with E-state index >= 15 is 0 Å². The number of aliphatic carboxylic acids is 1. The van der Waals surface area contributed by atoms with Gasteiger partial charge >= 0.3 is 5.97 Å². The van der Waals surface area contributed by atoms with Crippen LogP contribution in [-0.2, 0) is 11.3 Å². The molecule has 33 heavy (non-hydrogen) atoms. The van der Waals surface area contributed by atoms with Crippen LogP contribution in [0, 0.1) is 0 Å². The standard InChI is InChI=1S/C25H28N4O4/c30-23(26-25(24(31)32)11-6-12-25)18-15-20-28-13-14-33-19-10-5-4-9-17(19)22(28)21(29(20)27-18)16-7-2-1-3-8-16/h4-5,9-10,15-16H,1-3,6-8,11-14H2,(H,26,30)(H,31,32). The summed E-state index contributed by atoms with van der Waals surface area (Å²) in [5, 5.41) is 17.1. The Balaban J connectivity index is 1.48. The van der Waals surface area contributed by atoms with Gasteiger partial charge in [0.15, 0.2) is 5.69 Å². The number of carbonyl (C=O) groups excluding carboxylic acids is 1. The van der Waals surface area contributed by atoms with E-state index in [1.54, 1.807) is 6.07 Å². The third kappa shape index (κ3) is 3.14. The zero-order chi connectivity index (χ0) is 22.6. The number of ether oxygens (including phenoxy) is 1. The molecule has 2 fully saturated rings. The van der Waals surface area contributed by atoms with Crippen molar-refractivity contribution in [2.45, 2.75) is 69.4 Å². The van der Waals surface area contributed by atoms with Crippen molar-refractivity contribution in [1.82, 2.24) is 19.5 Å². The number of para-hydroxylation sites is 1. The summed E-state index contributed by atoms with van der Waals surface area (Å²) in [6, 6.07) is 9.92. The molecule has 0 unspecified atom stereocenters. The maximum atomic E-state index is 13.1. The lowest BCUT2D eigenvalue weighted by Crippen LogP contribution is -2.59. The molecule has 2 aromatic heterocycles. The van der Waals surface area contributed by atoms with E-state index in [1.807, 2.05) is 22.7 Å². The number of nitrogens with zero attached hydrogens (tertiary/aromatic N) is 3. The minimum atomic E-state index is -1.16. The summed E-state index contributed by atoms with van der Waals surface area (Å²) >= 11 is 0. The Hall–Kier alpha value is -3.29. The highest BCUT2D eigenvalue weighted by Crippen LogP contribution is 2.43. The van der Waals surface area contributed by atoms with E-state index in [1.165, 1.54) is 19.3 Å². The summed E-state index contributed by atoms with van der Waals surface area (Å²) in [4.78, 5) is 24.8. The molecule has 6 rings (SSSR count). The zero-order valence-electron chi connectivity index (χ0n) is 18.5. The molecule has 1 aliphatic heterocycles. The predicted octanol–water partition coefficient (Wildman–Crippen LogP) is 3.98. The van der Waals surface area contributed by atoms with Crippen molar-refractivity contribution < 1.29 is 19.4 Å². The highest BCUT2D eigenvalue weighted by atomic mass is 16.5. The van der Waals surface area contributed by atoms with Crippen molar-refractivity contribution in [3.8, 4) is 17.0 Å². The van der Waals surface area contributed by atoms with Crippen LogP contribution in [0.5, 0.6) is 5.75 Å². The molecule has 1 amide bonds. The molecule has 172 valence electrons. The Morgan fingerprint density at radius 3 is 2.64 bits per heavy atom. The van der Waals surface area contributed by atoms with Crippen molar-refractivity contribution in [3.63, 3.8) is 0 Å². The van der Waals surface area contributed by atoms with Crippen molar-refractivity contribution >= 4 is 17.5 Å². The van der Waals surface area contributed by atoms with Gasteiger partial charge < -0.3 is 19.7 Å². The van der Waals surface area contributed by atoms with E-state index in [9.17, 15) is 14.7 Å².